The number of fused-ring (bicyclic) bond motifs is 1. The molecule has 0 aliphatic rings. The highest BCUT2D eigenvalue weighted by molar-refractivity contribution is 5.69. The molecule has 0 N–H and O–H groups in total. The van der Waals surface area contributed by atoms with Crippen LogP contribution in [0.5, 0.6) is 0 Å². The molecular formula is C15H13N8O2-. The second-order valence-corrected chi connectivity index (χ2v) is 5.66. The Bertz CT molecular complexity index is 1170. The predicted molar refractivity (Wildman–Crippen MR) is 87.9 cm³/mol. The summed E-state index contributed by atoms with van der Waals surface area (Å²) in [7, 11) is 3.33. The first kappa shape index (κ1) is 15.0. The van der Waals surface area contributed by atoms with Crippen molar-refractivity contribution in [3.8, 4) is 11.4 Å². The van der Waals surface area contributed by atoms with Crippen molar-refractivity contribution in [1.29, 1.82) is 0 Å². The van der Waals surface area contributed by atoms with Crippen molar-refractivity contribution in [3.05, 3.63) is 57.0 Å². The Morgan fingerprint density at radius 1 is 1.12 bits per heavy atom. The van der Waals surface area contributed by atoms with E-state index in [2.05, 4.69) is 25.6 Å². The summed E-state index contributed by atoms with van der Waals surface area (Å²) in [5, 5.41) is 14.5. The van der Waals surface area contributed by atoms with Crippen LogP contribution < -0.4 is 16.3 Å². The van der Waals surface area contributed by atoms with Gasteiger partial charge in [0.1, 0.15) is 0 Å². The predicted octanol–water partition coefficient (Wildman–Crippen LogP) is -0.709. The smallest absolute Gasteiger partial charge is 0.330 e. The van der Waals surface area contributed by atoms with Crippen LogP contribution in [0.25, 0.3) is 22.6 Å². The molecule has 0 bridgehead atoms. The van der Waals surface area contributed by atoms with E-state index >= 15 is 0 Å². The summed E-state index contributed by atoms with van der Waals surface area (Å²) in [4.78, 5) is 29.3. The van der Waals surface area contributed by atoms with Crippen molar-refractivity contribution in [3.63, 3.8) is 0 Å². The van der Waals surface area contributed by atoms with E-state index in [9.17, 15) is 9.59 Å². The first-order valence-corrected chi connectivity index (χ1v) is 7.45. The van der Waals surface area contributed by atoms with Gasteiger partial charge in [-0.1, -0.05) is 24.3 Å². The summed E-state index contributed by atoms with van der Waals surface area (Å²) in [6.45, 7) is 0.158. The Balaban J connectivity index is 1.77. The fourth-order valence-corrected chi connectivity index (χ4v) is 2.74. The number of rotatable bonds is 3. The molecule has 10 nitrogen and oxygen atoms in total. The first-order valence-electron chi connectivity index (χ1n) is 7.45. The van der Waals surface area contributed by atoms with Gasteiger partial charge in [-0.3, -0.25) is 24.2 Å². The lowest BCUT2D eigenvalue weighted by Gasteiger charge is -2.09. The highest BCUT2D eigenvalue weighted by atomic mass is 16.2. The minimum Gasteiger partial charge on any atom is -0.330 e. The molecule has 3 heterocycles. The van der Waals surface area contributed by atoms with Gasteiger partial charge in [-0.25, -0.2) is 9.78 Å². The molecule has 0 radical (unpaired) electrons. The standard InChI is InChI=1S/C15H13N8O2/c1-21-8-16-13-11(21)14(24)23(15(25)22(13)2)7-9-3-5-10(6-4-9)12-17-19-20-18-12/h3-6,8H,7H2,1-2H3/q-1. The van der Waals surface area contributed by atoms with Gasteiger partial charge in [0.05, 0.1) is 12.9 Å². The second kappa shape index (κ2) is 5.51. The quantitative estimate of drug-likeness (QED) is 0.485. The lowest BCUT2D eigenvalue weighted by Crippen LogP contribution is -2.39. The molecule has 0 aliphatic heterocycles. The number of aromatic nitrogens is 8. The maximum absolute atomic E-state index is 12.7. The zero-order chi connectivity index (χ0) is 17.6. The van der Waals surface area contributed by atoms with E-state index in [0.29, 0.717) is 17.0 Å². The minimum absolute atomic E-state index is 0.158. The number of imidazole rings is 1. The molecule has 0 amide bonds. The zero-order valence-corrected chi connectivity index (χ0v) is 13.5. The highest BCUT2D eigenvalue weighted by Gasteiger charge is 2.15. The molecule has 4 rings (SSSR count). The summed E-state index contributed by atoms with van der Waals surface area (Å²) >= 11 is 0. The first-order chi connectivity index (χ1) is 12.1. The summed E-state index contributed by atoms with van der Waals surface area (Å²) in [5.41, 5.74) is 1.55. The topological polar surface area (TPSA) is 115 Å². The highest BCUT2D eigenvalue weighted by Crippen LogP contribution is 2.14. The Hall–Kier alpha value is -3.56. The van der Waals surface area contributed by atoms with Crippen LogP contribution in [0.2, 0.25) is 0 Å². The van der Waals surface area contributed by atoms with Gasteiger partial charge in [0.25, 0.3) is 5.56 Å². The number of tetrazole rings is 1. The van der Waals surface area contributed by atoms with E-state index < -0.39 is 5.69 Å². The molecule has 10 heteroatoms. The molecule has 126 valence electrons. The molecule has 0 fully saturated rings. The number of nitrogens with zero attached hydrogens (tertiary/aromatic N) is 8. The molecule has 25 heavy (non-hydrogen) atoms. The molecule has 4 aromatic rings. The van der Waals surface area contributed by atoms with Gasteiger partial charge in [-0.05, 0) is 11.1 Å². The Kier molecular flexibility index (Phi) is 3.31. The van der Waals surface area contributed by atoms with Gasteiger partial charge < -0.3 is 9.67 Å². The second-order valence-electron chi connectivity index (χ2n) is 5.66. The van der Waals surface area contributed by atoms with E-state index in [-0.39, 0.29) is 12.1 Å². The fourth-order valence-electron chi connectivity index (χ4n) is 2.74. The average molecular weight is 337 g/mol. The van der Waals surface area contributed by atoms with Crippen LogP contribution in [0.1, 0.15) is 5.56 Å². The van der Waals surface area contributed by atoms with Gasteiger partial charge in [-0.2, -0.15) is 5.21 Å². The number of aryl methyl sites for hydroxylation is 2. The van der Waals surface area contributed by atoms with Gasteiger partial charge in [0.15, 0.2) is 11.2 Å². The van der Waals surface area contributed by atoms with E-state index in [0.717, 1.165) is 11.1 Å². The minimum atomic E-state index is -0.409. The maximum Gasteiger partial charge on any atom is 0.332 e. The van der Waals surface area contributed by atoms with Crippen LogP contribution in [0, 0.1) is 0 Å². The third-order valence-corrected chi connectivity index (χ3v) is 4.07. The van der Waals surface area contributed by atoms with Gasteiger partial charge in [0, 0.05) is 19.9 Å². The molecule has 0 spiro atoms. The van der Waals surface area contributed by atoms with Crippen molar-refractivity contribution in [1.82, 2.24) is 39.3 Å². The Labute approximate surface area is 140 Å². The van der Waals surface area contributed by atoms with E-state index in [1.807, 2.05) is 12.1 Å². The maximum atomic E-state index is 12.7. The molecule has 0 atom stereocenters. The normalized spacial score (nSPS) is 11.3. The summed E-state index contributed by atoms with van der Waals surface area (Å²) < 4.78 is 4.19. The third-order valence-electron chi connectivity index (χ3n) is 4.07. The molecule has 0 unspecified atom stereocenters. The number of benzene rings is 1. The van der Waals surface area contributed by atoms with E-state index in [1.165, 1.54) is 15.5 Å². The lowest BCUT2D eigenvalue weighted by atomic mass is 10.1. The molecule has 1 aromatic carbocycles. The zero-order valence-electron chi connectivity index (χ0n) is 13.5. The Morgan fingerprint density at radius 3 is 2.56 bits per heavy atom. The molecule has 3 aromatic heterocycles. The molecule has 0 saturated carbocycles. The fraction of sp³-hybridized carbons (Fsp3) is 0.200. The molecule has 0 aliphatic carbocycles. The van der Waals surface area contributed by atoms with E-state index in [4.69, 9.17) is 0 Å². The van der Waals surface area contributed by atoms with Crippen LogP contribution in [0.15, 0.2) is 40.2 Å². The largest absolute Gasteiger partial charge is 0.332 e. The van der Waals surface area contributed by atoms with Crippen molar-refractivity contribution >= 4 is 11.2 Å². The van der Waals surface area contributed by atoms with E-state index in [1.54, 1.807) is 30.8 Å². The van der Waals surface area contributed by atoms with Crippen molar-refractivity contribution < 1.29 is 0 Å². The van der Waals surface area contributed by atoms with Crippen molar-refractivity contribution in [2.45, 2.75) is 6.54 Å². The van der Waals surface area contributed by atoms with Gasteiger partial charge in [-0.15, -0.1) is 0 Å². The Morgan fingerprint density at radius 2 is 1.88 bits per heavy atom. The number of hydrogen-bond acceptors (Lipinski definition) is 6. The van der Waals surface area contributed by atoms with Crippen molar-refractivity contribution in [2.75, 3.05) is 0 Å². The summed E-state index contributed by atoms with van der Waals surface area (Å²) in [5.74, 6) is 0.427. The summed E-state index contributed by atoms with van der Waals surface area (Å²) in [6.07, 6.45) is 1.52. The average Bonchev–Trinajstić information content (AvgIpc) is 3.27. The summed E-state index contributed by atoms with van der Waals surface area (Å²) in [6, 6.07) is 7.22. The van der Waals surface area contributed by atoms with Crippen molar-refractivity contribution in [2.24, 2.45) is 14.1 Å². The van der Waals surface area contributed by atoms with Crippen LogP contribution >= 0.6 is 0 Å². The van der Waals surface area contributed by atoms with Crippen LogP contribution in [-0.2, 0) is 20.6 Å². The molecule has 0 saturated heterocycles. The third kappa shape index (κ3) is 2.35. The monoisotopic (exact) mass is 337 g/mol. The van der Waals surface area contributed by atoms with Crippen LogP contribution in [-0.4, -0.2) is 34.2 Å². The van der Waals surface area contributed by atoms with Gasteiger partial charge in [0.2, 0.25) is 0 Å². The number of hydrogen-bond donors (Lipinski definition) is 0. The SMILES string of the molecule is Cn1cnc2c1c(=O)n(Cc1ccc(-c3nnn[n-]3)cc1)c(=O)n2C. The van der Waals surface area contributed by atoms with Crippen LogP contribution in [0.3, 0.4) is 0 Å². The molecular weight excluding hydrogens is 324 g/mol. The van der Waals surface area contributed by atoms with Crippen LogP contribution in [0.4, 0.5) is 0 Å². The van der Waals surface area contributed by atoms with Gasteiger partial charge >= 0.3 is 5.69 Å². The lowest BCUT2D eigenvalue weighted by molar-refractivity contribution is 0.655.